The van der Waals surface area contributed by atoms with E-state index >= 15 is 0 Å². The molecule has 2 aromatic carbocycles. The predicted octanol–water partition coefficient (Wildman–Crippen LogP) is 7.71. The molecule has 6 heteroatoms. The molecule has 0 aliphatic carbocycles. The fourth-order valence-corrected chi connectivity index (χ4v) is 3.97. The predicted molar refractivity (Wildman–Crippen MR) is 144 cm³/mol. The molecule has 1 aromatic heterocycles. The first-order valence-electron chi connectivity index (χ1n) is 12.7. The molecule has 0 atom stereocenters. The number of aromatic nitrogens is 2. The summed E-state index contributed by atoms with van der Waals surface area (Å²) in [6.45, 7) is 12.2. The first kappa shape index (κ1) is 26.7. The van der Waals surface area contributed by atoms with E-state index in [4.69, 9.17) is 16.4 Å². The van der Waals surface area contributed by atoms with Gasteiger partial charge in [0, 0.05) is 17.3 Å². The van der Waals surface area contributed by atoms with Gasteiger partial charge in [-0.15, -0.1) is 0 Å². The number of carboxylic acid groups (broad SMARTS) is 1. The number of benzene rings is 2. The quantitative estimate of drug-likeness (QED) is 0.144. The van der Waals surface area contributed by atoms with Crippen molar-refractivity contribution in [2.45, 2.75) is 65.2 Å². The second-order valence-electron chi connectivity index (χ2n) is 9.01. The van der Waals surface area contributed by atoms with Crippen molar-refractivity contribution in [1.82, 2.24) is 9.78 Å². The minimum absolute atomic E-state index is 0.356. The van der Waals surface area contributed by atoms with Gasteiger partial charge in [0.1, 0.15) is 5.75 Å². The highest BCUT2D eigenvalue weighted by molar-refractivity contribution is 5.95. The van der Waals surface area contributed by atoms with Crippen molar-refractivity contribution in [2.24, 2.45) is 0 Å². The third kappa shape index (κ3) is 7.84. The van der Waals surface area contributed by atoms with Crippen molar-refractivity contribution in [2.75, 3.05) is 6.61 Å². The number of carbonyl (C=O) groups is 1. The van der Waals surface area contributed by atoms with Crippen molar-refractivity contribution >= 4 is 12.0 Å². The maximum atomic E-state index is 11.4. The van der Waals surface area contributed by atoms with Gasteiger partial charge in [0.05, 0.1) is 24.6 Å². The lowest BCUT2D eigenvalue weighted by molar-refractivity contribution is -0.132. The highest BCUT2D eigenvalue weighted by atomic mass is 16.5. The summed E-state index contributed by atoms with van der Waals surface area (Å²) in [6, 6.07) is 15.5. The van der Waals surface area contributed by atoms with Crippen LogP contribution in [0.3, 0.4) is 0 Å². The maximum Gasteiger partial charge on any atom is 0.333 e. The van der Waals surface area contributed by atoms with Crippen LogP contribution >= 0.6 is 0 Å². The normalized spacial score (nSPS) is 11.3. The number of nitrogens with zero attached hydrogens (tertiary/aromatic N) is 3. The van der Waals surface area contributed by atoms with Crippen LogP contribution in [0.15, 0.2) is 60.4 Å². The Morgan fingerprint density at radius 2 is 1.64 bits per heavy atom. The van der Waals surface area contributed by atoms with Crippen molar-refractivity contribution in [1.29, 1.82) is 0 Å². The van der Waals surface area contributed by atoms with E-state index in [0.29, 0.717) is 17.9 Å². The largest absolute Gasteiger partial charge is 0.494 e. The van der Waals surface area contributed by atoms with Gasteiger partial charge in [-0.25, -0.2) is 9.53 Å². The van der Waals surface area contributed by atoms with Crippen LogP contribution in [0.4, 0.5) is 0 Å². The van der Waals surface area contributed by atoms with Gasteiger partial charge in [-0.3, -0.25) is 4.79 Å². The molecule has 0 bridgehead atoms. The first-order chi connectivity index (χ1) is 17.5. The van der Waals surface area contributed by atoms with Crippen LogP contribution in [0.1, 0.15) is 69.4 Å². The topological polar surface area (TPSA) is 68.7 Å². The SMILES string of the molecule is [C-]#[N+]/C(=C/c1cn(-c2ccc(C)cc2)nc1-c1ccc(OCCCCCCCCCC)cc1)C(=O)O. The molecule has 0 amide bonds. The Labute approximate surface area is 214 Å². The summed E-state index contributed by atoms with van der Waals surface area (Å²) in [5, 5.41) is 14.1. The summed E-state index contributed by atoms with van der Waals surface area (Å²) in [5.74, 6) is -0.465. The summed E-state index contributed by atoms with van der Waals surface area (Å²) in [6.07, 6.45) is 13.2. The number of hydrogen-bond donors (Lipinski definition) is 1. The Hall–Kier alpha value is -3.85. The molecule has 0 aliphatic heterocycles. The van der Waals surface area contributed by atoms with E-state index in [1.165, 1.54) is 51.0 Å². The van der Waals surface area contributed by atoms with Crippen molar-refractivity contribution in [3.63, 3.8) is 0 Å². The molecule has 36 heavy (non-hydrogen) atoms. The van der Waals surface area contributed by atoms with Crippen LogP contribution in [0.25, 0.3) is 27.9 Å². The van der Waals surface area contributed by atoms with E-state index < -0.39 is 5.97 Å². The van der Waals surface area contributed by atoms with E-state index in [0.717, 1.165) is 29.0 Å². The van der Waals surface area contributed by atoms with E-state index in [2.05, 4.69) is 11.8 Å². The average Bonchev–Trinajstić information content (AvgIpc) is 3.30. The minimum atomic E-state index is -1.26. The fourth-order valence-electron chi connectivity index (χ4n) is 3.97. The van der Waals surface area contributed by atoms with Gasteiger partial charge in [-0.05, 0) is 55.8 Å². The Morgan fingerprint density at radius 1 is 1.00 bits per heavy atom. The maximum absolute atomic E-state index is 11.4. The van der Waals surface area contributed by atoms with E-state index in [1.54, 1.807) is 10.9 Å². The highest BCUT2D eigenvalue weighted by Gasteiger charge is 2.15. The number of ether oxygens (including phenoxy) is 1. The number of hydrogen-bond acceptors (Lipinski definition) is 3. The second kappa shape index (κ2) is 13.9. The highest BCUT2D eigenvalue weighted by Crippen LogP contribution is 2.28. The van der Waals surface area contributed by atoms with Crippen LogP contribution in [0.2, 0.25) is 0 Å². The summed E-state index contributed by atoms with van der Waals surface area (Å²) < 4.78 is 7.62. The van der Waals surface area contributed by atoms with E-state index in [1.807, 2.05) is 55.5 Å². The first-order valence-corrected chi connectivity index (χ1v) is 12.7. The molecule has 0 radical (unpaired) electrons. The molecule has 0 unspecified atom stereocenters. The molecule has 0 fully saturated rings. The lowest BCUT2D eigenvalue weighted by Crippen LogP contribution is -1.97. The molecular weight excluding hydrogens is 450 g/mol. The Kier molecular flexibility index (Phi) is 10.3. The monoisotopic (exact) mass is 485 g/mol. The molecule has 6 nitrogen and oxygen atoms in total. The second-order valence-corrected chi connectivity index (χ2v) is 9.01. The number of aryl methyl sites for hydroxylation is 1. The smallest absolute Gasteiger partial charge is 0.333 e. The van der Waals surface area contributed by atoms with Crippen LogP contribution in [0.5, 0.6) is 5.75 Å². The van der Waals surface area contributed by atoms with E-state index in [-0.39, 0.29) is 5.70 Å². The van der Waals surface area contributed by atoms with E-state index in [9.17, 15) is 9.90 Å². The fraction of sp³-hybridized carbons (Fsp3) is 0.367. The van der Waals surface area contributed by atoms with Gasteiger partial charge in [-0.1, -0.05) is 69.6 Å². The number of unbranched alkanes of at least 4 members (excludes halogenated alkanes) is 7. The number of rotatable bonds is 14. The summed E-state index contributed by atoms with van der Waals surface area (Å²) in [4.78, 5) is 14.6. The van der Waals surface area contributed by atoms with Crippen LogP contribution in [0, 0.1) is 13.5 Å². The number of carboxylic acids is 1. The van der Waals surface area contributed by atoms with Crippen molar-refractivity contribution < 1.29 is 14.6 Å². The molecule has 3 rings (SSSR count). The molecule has 0 saturated heterocycles. The van der Waals surface area contributed by atoms with Crippen LogP contribution < -0.4 is 4.74 Å². The van der Waals surface area contributed by atoms with Crippen LogP contribution in [-0.4, -0.2) is 27.5 Å². The minimum Gasteiger partial charge on any atom is -0.494 e. The Morgan fingerprint density at radius 3 is 2.25 bits per heavy atom. The Bertz CT molecular complexity index is 1190. The molecular formula is C30H35N3O3. The molecule has 0 saturated carbocycles. The number of aliphatic carboxylic acids is 1. The molecule has 1 heterocycles. The van der Waals surface area contributed by atoms with Gasteiger partial charge in [-0.2, -0.15) is 5.10 Å². The third-order valence-electron chi connectivity index (χ3n) is 6.07. The van der Waals surface area contributed by atoms with Gasteiger partial charge in [0.25, 0.3) is 5.70 Å². The van der Waals surface area contributed by atoms with Gasteiger partial charge in [0.2, 0.25) is 0 Å². The van der Waals surface area contributed by atoms with Crippen LogP contribution in [-0.2, 0) is 4.79 Å². The van der Waals surface area contributed by atoms with Gasteiger partial charge in [0.15, 0.2) is 0 Å². The van der Waals surface area contributed by atoms with Crippen molar-refractivity contribution in [3.05, 3.63) is 83.0 Å². The third-order valence-corrected chi connectivity index (χ3v) is 6.07. The molecule has 188 valence electrons. The lowest BCUT2D eigenvalue weighted by atomic mass is 10.1. The standard InChI is InChI=1S/C30H35N3O3/c1-4-5-6-7-8-9-10-11-20-36-27-18-14-24(15-19-27)29-25(21-28(31-3)30(34)35)22-33(32-29)26-16-12-23(2)13-17-26/h12-19,21-22H,4-11,20H2,1-2H3,(H,34,35)/b28-21+. The summed E-state index contributed by atoms with van der Waals surface area (Å²) in [5.41, 5.74) is 3.62. The molecule has 1 N–H and O–H groups in total. The summed E-state index contributed by atoms with van der Waals surface area (Å²) >= 11 is 0. The van der Waals surface area contributed by atoms with Crippen molar-refractivity contribution in [3.8, 4) is 22.7 Å². The zero-order chi connectivity index (χ0) is 25.8. The zero-order valence-corrected chi connectivity index (χ0v) is 21.2. The Balaban J connectivity index is 1.69. The van der Waals surface area contributed by atoms with Gasteiger partial charge < -0.3 is 9.84 Å². The zero-order valence-electron chi connectivity index (χ0n) is 21.2. The van der Waals surface area contributed by atoms with Gasteiger partial charge >= 0.3 is 5.97 Å². The summed E-state index contributed by atoms with van der Waals surface area (Å²) in [7, 11) is 0. The molecule has 0 spiro atoms. The lowest BCUT2D eigenvalue weighted by Gasteiger charge is -2.07. The molecule has 0 aliphatic rings. The molecule has 3 aromatic rings. The average molecular weight is 486 g/mol.